The molecular weight excluding hydrogens is 418 g/mol. The van der Waals surface area contributed by atoms with Gasteiger partial charge in [-0.2, -0.15) is 0 Å². The molecule has 0 fully saturated rings. The van der Waals surface area contributed by atoms with Crippen molar-refractivity contribution < 1.29 is 27.8 Å². The Bertz CT molecular complexity index is 1070. The molecule has 0 amide bonds. The van der Waals surface area contributed by atoms with Crippen LogP contribution in [0.25, 0.3) is 11.4 Å². The highest BCUT2D eigenvalue weighted by atomic mass is 19.1. The van der Waals surface area contributed by atoms with Gasteiger partial charge in [0.2, 0.25) is 0 Å². The highest BCUT2D eigenvalue weighted by Crippen LogP contribution is 2.26. The third-order valence-corrected chi connectivity index (χ3v) is 4.68. The van der Waals surface area contributed by atoms with Crippen molar-refractivity contribution in [3.63, 3.8) is 0 Å². The number of hydrogen-bond donors (Lipinski definition) is 0. The van der Waals surface area contributed by atoms with Crippen LogP contribution >= 0.6 is 0 Å². The van der Waals surface area contributed by atoms with Gasteiger partial charge in [0, 0.05) is 13.5 Å². The number of aryl methyl sites for hydroxylation is 1. The number of esters is 1. The molecule has 0 atom stereocenters. The molecular formula is C24H24F2N2O4. The van der Waals surface area contributed by atoms with Gasteiger partial charge in [-0.25, -0.2) is 23.5 Å². The van der Waals surface area contributed by atoms with Crippen LogP contribution < -0.4 is 4.74 Å². The molecule has 0 spiro atoms. The fourth-order valence-electron chi connectivity index (χ4n) is 3.19. The Morgan fingerprint density at radius 1 is 1.00 bits per heavy atom. The van der Waals surface area contributed by atoms with Gasteiger partial charge in [-0.05, 0) is 43.7 Å². The van der Waals surface area contributed by atoms with Crippen LogP contribution in [0.1, 0.15) is 34.2 Å². The van der Waals surface area contributed by atoms with Gasteiger partial charge < -0.3 is 14.2 Å². The second-order valence-corrected chi connectivity index (χ2v) is 6.93. The number of carbonyl (C=O) groups excluding carboxylic acids is 1. The van der Waals surface area contributed by atoms with Crippen LogP contribution in [0.2, 0.25) is 0 Å². The second kappa shape index (κ2) is 10.8. The monoisotopic (exact) mass is 442 g/mol. The molecule has 8 heteroatoms. The van der Waals surface area contributed by atoms with E-state index >= 15 is 0 Å². The van der Waals surface area contributed by atoms with Crippen molar-refractivity contribution in [2.45, 2.75) is 20.3 Å². The van der Waals surface area contributed by atoms with Crippen molar-refractivity contribution in [3.05, 3.63) is 76.6 Å². The van der Waals surface area contributed by atoms with Gasteiger partial charge in [0.1, 0.15) is 29.6 Å². The summed E-state index contributed by atoms with van der Waals surface area (Å²) < 4.78 is 44.4. The molecule has 168 valence electrons. The zero-order valence-corrected chi connectivity index (χ0v) is 18.2. The van der Waals surface area contributed by atoms with E-state index in [1.165, 1.54) is 6.07 Å². The van der Waals surface area contributed by atoms with Gasteiger partial charge in [-0.3, -0.25) is 0 Å². The first kappa shape index (κ1) is 23.3. The van der Waals surface area contributed by atoms with Crippen LogP contribution in [-0.4, -0.2) is 42.9 Å². The minimum Gasteiger partial charge on any atom is -0.491 e. The van der Waals surface area contributed by atoms with E-state index in [1.54, 1.807) is 33.1 Å². The first-order chi connectivity index (χ1) is 15.4. The first-order valence-corrected chi connectivity index (χ1v) is 10.1. The van der Waals surface area contributed by atoms with E-state index in [2.05, 4.69) is 9.97 Å². The van der Waals surface area contributed by atoms with Crippen molar-refractivity contribution in [2.75, 3.05) is 26.9 Å². The average molecular weight is 442 g/mol. The molecule has 0 aliphatic carbocycles. The van der Waals surface area contributed by atoms with Crippen molar-refractivity contribution in [3.8, 4) is 17.1 Å². The molecule has 0 unspecified atom stereocenters. The minimum atomic E-state index is -0.781. The van der Waals surface area contributed by atoms with Crippen LogP contribution in [0.3, 0.4) is 0 Å². The van der Waals surface area contributed by atoms with Crippen LogP contribution in [-0.2, 0) is 15.9 Å². The smallest absolute Gasteiger partial charge is 0.341 e. The Labute approximate surface area is 185 Å². The zero-order chi connectivity index (χ0) is 23.1. The lowest BCUT2D eigenvalue weighted by molar-refractivity contribution is 0.0523. The van der Waals surface area contributed by atoms with Crippen LogP contribution in [0.5, 0.6) is 5.75 Å². The highest BCUT2D eigenvalue weighted by molar-refractivity contribution is 5.92. The predicted molar refractivity (Wildman–Crippen MR) is 115 cm³/mol. The summed E-state index contributed by atoms with van der Waals surface area (Å²) in [5.41, 5.74) is 1.28. The van der Waals surface area contributed by atoms with Crippen molar-refractivity contribution in [1.82, 2.24) is 9.97 Å². The molecule has 0 bridgehead atoms. The maximum absolute atomic E-state index is 14.3. The molecule has 0 N–H and O–H groups in total. The summed E-state index contributed by atoms with van der Waals surface area (Å²) in [6, 6.07) is 10.8. The van der Waals surface area contributed by atoms with Crippen molar-refractivity contribution in [2.24, 2.45) is 0 Å². The molecule has 3 rings (SSSR count). The SMILES string of the molecule is CCOC(=O)c1c(C)nc(-c2c(F)cccc2F)nc1Cc1ccc(OCCOC)cc1. The van der Waals surface area contributed by atoms with E-state index in [0.717, 1.165) is 17.7 Å². The minimum absolute atomic E-state index is 0.124. The van der Waals surface area contributed by atoms with Gasteiger partial charge in [-0.15, -0.1) is 0 Å². The third kappa shape index (κ3) is 5.45. The van der Waals surface area contributed by atoms with E-state index in [-0.39, 0.29) is 35.7 Å². The lowest BCUT2D eigenvalue weighted by atomic mass is 10.0. The Balaban J connectivity index is 2.00. The summed E-state index contributed by atoms with van der Waals surface area (Å²) in [7, 11) is 1.60. The average Bonchev–Trinajstić information content (AvgIpc) is 2.75. The first-order valence-electron chi connectivity index (χ1n) is 10.1. The number of hydrogen-bond acceptors (Lipinski definition) is 6. The fourth-order valence-corrected chi connectivity index (χ4v) is 3.19. The molecule has 6 nitrogen and oxygen atoms in total. The Morgan fingerprint density at radius 2 is 1.69 bits per heavy atom. The van der Waals surface area contributed by atoms with Crippen LogP contribution in [0.15, 0.2) is 42.5 Å². The van der Waals surface area contributed by atoms with Crippen LogP contribution in [0.4, 0.5) is 8.78 Å². The molecule has 0 aliphatic rings. The van der Waals surface area contributed by atoms with E-state index in [4.69, 9.17) is 14.2 Å². The normalized spacial score (nSPS) is 10.8. The topological polar surface area (TPSA) is 70.5 Å². The van der Waals surface area contributed by atoms with Gasteiger partial charge in [-0.1, -0.05) is 18.2 Å². The highest BCUT2D eigenvalue weighted by Gasteiger charge is 2.23. The Kier molecular flexibility index (Phi) is 7.83. The van der Waals surface area contributed by atoms with E-state index < -0.39 is 17.6 Å². The predicted octanol–water partition coefficient (Wildman–Crippen LogP) is 4.52. The molecule has 0 saturated heterocycles. The third-order valence-electron chi connectivity index (χ3n) is 4.68. The number of carbonyl (C=O) groups is 1. The lowest BCUT2D eigenvalue weighted by Crippen LogP contribution is -2.15. The van der Waals surface area contributed by atoms with Gasteiger partial charge in [0.05, 0.1) is 30.2 Å². The largest absolute Gasteiger partial charge is 0.491 e. The van der Waals surface area contributed by atoms with E-state index in [9.17, 15) is 13.6 Å². The summed E-state index contributed by atoms with van der Waals surface area (Å²) >= 11 is 0. The molecule has 32 heavy (non-hydrogen) atoms. The second-order valence-electron chi connectivity index (χ2n) is 6.93. The van der Waals surface area contributed by atoms with Gasteiger partial charge >= 0.3 is 5.97 Å². The maximum Gasteiger partial charge on any atom is 0.341 e. The maximum atomic E-state index is 14.3. The summed E-state index contributed by atoms with van der Waals surface area (Å²) in [6.07, 6.45) is 0.235. The Morgan fingerprint density at radius 3 is 2.31 bits per heavy atom. The number of ether oxygens (including phenoxy) is 3. The molecule has 0 saturated carbocycles. The number of nitrogens with zero attached hydrogens (tertiary/aromatic N) is 2. The lowest BCUT2D eigenvalue weighted by Gasteiger charge is -2.14. The van der Waals surface area contributed by atoms with Gasteiger partial charge in [0.15, 0.2) is 5.82 Å². The summed E-state index contributed by atoms with van der Waals surface area (Å²) in [5.74, 6) is -1.60. The summed E-state index contributed by atoms with van der Waals surface area (Å²) in [5, 5.41) is 0. The molecule has 0 aliphatic heterocycles. The number of benzene rings is 2. The fraction of sp³-hybridized carbons (Fsp3) is 0.292. The molecule has 2 aromatic carbocycles. The number of aromatic nitrogens is 2. The number of methoxy groups -OCH3 is 1. The Hall–Kier alpha value is -3.39. The summed E-state index contributed by atoms with van der Waals surface area (Å²) in [4.78, 5) is 21.1. The van der Waals surface area contributed by atoms with Crippen molar-refractivity contribution >= 4 is 5.97 Å². The van der Waals surface area contributed by atoms with Crippen LogP contribution in [0, 0.1) is 18.6 Å². The number of halogens is 2. The van der Waals surface area contributed by atoms with Crippen molar-refractivity contribution in [1.29, 1.82) is 0 Å². The number of rotatable bonds is 9. The molecule has 3 aromatic rings. The van der Waals surface area contributed by atoms with E-state index in [1.807, 2.05) is 12.1 Å². The van der Waals surface area contributed by atoms with Gasteiger partial charge in [0.25, 0.3) is 0 Å². The molecule has 1 heterocycles. The molecule has 1 aromatic heterocycles. The summed E-state index contributed by atoms with van der Waals surface area (Å²) in [6.45, 7) is 4.35. The quantitative estimate of drug-likeness (QED) is 0.358. The molecule has 0 radical (unpaired) electrons. The zero-order valence-electron chi connectivity index (χ0n) is 18.2. The standard InChI is InChI=1S/C24H24F2N2O4/c1-4-31-24(29)21-15(2)27-23(22-18(25)6-5-7-19(22)26)28-20(21)14-16-8-10-17(11-9-16)32-13-12-30-3/h5-11H,4,12-14H2,1-3H3. The van der Waals surface area contributed by atoms with E-state index in [0.29, 0.717) is 24.7 Å².